The van der Waals surface area contributed by atoms with Gasteiger partial charge in [-0.3, -0.25) is 7.94 Å². The molecule has 86 valence electrons. The van der Waals surface area contributed by atoms with Crippen LogP contribution in [0.1, 0.15) is 41.5 Å². The molecule has 2 nitrogen and oxygen atoms in total. The third kappa shape index (κ3) is 2.03. The second-order valence-corrected chi connectivity index (χ2v) is 12.2. The zero-order chi connectivity index (χ0) is 11.4. The molecule has 0 saturated carbocycles. The number of rotatable bonds is 0. The molecule has 0 radical (unpaired) electrons. The molecule has 1 heterocycles. The predicted octanol–water partition coefficient (Wildman–Crippen LogP) is 2.09. The Morgan fingerprint density at radius 3 is 1.21 bits per heavy atom. The van der Waals surface area contributed by atoms with E-state index in [1.54, 1.807) is 0 Å². The van der Waals surface area contributed by atoms with Gasteiger partial charge in [0.25, 0.3) is 0 Å². The highest BCUT2D eigenvalue weighted by Gasteiger charge is 2.49. The van der Waals surface area contributed by atoms with Crippen LogP contribution in [0.4, 0.5) is 0 Å². The lowest BCUT2D eigenvalue weighted by atomic mass is 10.1. The predicted molar refractivity (Wildman–Crippen MR) is 71.2 cm³/mol. The average molecular weight is 234 g/mol. The topological polar surface area (TPSA) is 6.48 Å². The number of nitrogens with zero attached hydrogens (tertiary/aromatic N) is 2. The molecular formula is C10H26N2SSi. The van der Waals surface area contributed by atoms with E-state index >= 15 is 0 Å². The maximum Gasteiger partial charge on any atom is 0.194 e. The molecule has 0 aromatic carbocycles. The Bertz CT molecular complexity index is 205. The lowest BCUT2D eigenvalue weighted by Crippen LogP contribution is -2.68. The molecule has 0 spiro atoms. The van der Waals surface area contributed by atoms with E-state index in [0.717, 1.165) is 0 Å². The summed E-state index contributed by atoms with van der Waals surface area (Å²) in [6.07, 6.45) is 4.86. The van der Waals surface area contributed by atoms with E-state index in [1.807, 2.05) is 0 Å². The lowest BCUT2D eigenvalue weighted by Gasteiger charge is -2.69. The summed E-state index contributed by atoms with van der Waals surface area (Å²) in [5.41, 5.74) is 0.736. The van der Waals surface area contributed by atoms with Crippen molar-refractivity contribution in [2.24, 2.45) is 0 Å². The Morgan fingerprint density at radius 1 is 0.786 bits per heavy atom. The van der Waals surface area contributed by atoms with Gasteiger partial charge in [0.2, 0.25) is 0 Å². The summed E-state index contributed by atoms with van der Waals surface area (Å²) in [5.74, 6) is 0. The molecule has 1 saturated heterocycles. The van der Waals surface area contributed by atoms with Crippen LogP contribution in [0.2, 0.25) is 0 Å². The van der Waals surface area contributed by atoms with Gasteiger partial charge in [-0.05, 0) is 54.1 Å². The molecule has 1 rings (SSSR count). The molecule has 0 aliphatic carbocycles. The van der Waals surface area contributed by atoms with Crippen LogP contribution in [0.5, 0.6) is 0 Å². The van der Waals surface area contributed by atoms with Gasteiger partial charge in [0.15, 0.2) is 9.84 Å². The van der Waals surface area contributed by atoms with Crippen molar-refractivity contribution in [1.82, 2.24) is 7.94 Å². The highest BCUT2D eigenvalue weighted by molar-refractivity contribution is 8.32. The Hall–Kier alpha value is 0.487. The smallest absolute Gasteiger partial charge is 0.194 e. The van der Waals surface area contributed by atoms with Crippen molar-refractivity contribution in [2.45, 2.75) is 52.6 Å². The number of hydrogen-bond donors (Lipinski definition) is 0. The fourth-order valence-corrected chi connectivity index (χ4v) is 9.10. The van der Waals surface area contributed by atoms with E-state index in [9.17, 15) is 0 Å². The first-order chi connectivity index (χ1) is 5.97. The molecule has 4 heteroatoms. The van der Waals surface area contributed by atoms with Crippen molar-refractivity contribution < 1.29 is 0 Å². The maximum atomic E-state index is 2.77. The Morgan fingerprint density at radius 2 is 1.07 bits per heavy atom. The first-order valence-corrected chi connectivity index (χ1v) is 8.89. The van der Waals surface area contributed by atoms with Gasteiger partial charge in [0.1, 0.15) is 0 Å². The molecule has 0 amide bonds. The molecule has 1 aliphatic heterocycles. The van der Waals surface area contributed by atoms with Crippen molar-refractivity contribution in [3.05, 3.63) is 0 Å². The zero-order valence-electron chi connectivity index (χ0n) is 11.0. The second-order valence-electron chi connectivity index (χ2n) is 6.46. The average Bonchev–Trinajstić information content (AvgIpc) is 1.77. The SMILES string of the molecule is CC(C)(C)N1[SiH2]N(C(C)(C)C)S1(C)C. The molecule has 0 unspecified atom stereocenters. The van der Waals surface area contributed by atoms with Crippen LogP contribution in [0, 0.1) is 0 Å². The van der Waals surface area contributed by atoms with Crippen LogP contribution in [-0.4, -0.2) is 41.4 Å². The van der Waals surface area contributed by atoms with E-state index in [0.29, 0.717) is 11.1 Å². The molecule has 14 heavy (non-hydrogen) atoms. The summed E-state index contributed by atoms with van der Waals surface area (Å²) in [5, 5.41) is 0. The Kier molecular flexibility index (Phi) is 2.90. The van der Waals surface area contributed by atoms with Crippen molar-refractivity contribution in [1.29, 1.82) is 0 Å². The van der Waals surface area contributed by atoms with Crippen molar-refractivity contribution in [2.75, 3.05) is 12.5 Å². The molecule has 0 bridgehead atoms. The van der Waals surface area contributed by atoms with Crippen molar-refractivity contribution in [3.63, 3.8) is 0 Å². The summed E-state index contributed by atoms with van der Waals surface area (Å²) in [4.78, 5) is 0. The van der Waals surface area contributed by atoms with Crippen LogP contribution in [-0.2, 0) is 0 Å². The van der Waals surface area contributed by atoms with E-state index < -0.39 is 10.4 Å². The molecule has 0 N–H and O–H groups in total. The quantitative estimate of drug-likeness (QED) is 0.592. The highest BCUT2D eigenvalue weighted by atomic mass is 32.3. The van der Waals surface area contributed by atoms with Crippen molar-refractivity contribution in [3.8, 4) is 0 Å². The van der Waals surface area contributed by atoms with Crippen LogP contribution in [0.15, 0.2) is 0 Å². The van der Waals surface area contributed by atoms with Gasteiger partial charge >= 0.3 is 0 Å². The minimum atomic E-state index is -0.650. The highest BCUT2D eigenvalue weighted by Crippen LogP contribution is 2.61. The van der Waals surface area contributed by atoms with Gasteiger partial charge in [0, 0.05) is 11.1 Å². The first kappa shape index (κ1) is 12.6. The molecule has 0 atom stereocenters. The van der Waals surface area contributed by atoms with Gasteiger partial charge in [-0.15, -0.1) is 10.4 Å². The van der Waals surface area contributed by atoms with Gasteiger partial charge < -0.3 is 0 Å². The second kappa shape index (κ2) is 3.24. The van der Waals surface area contributed by atoms with Crippen LogP contribution >= 0.6 is 10.4 Å². The fourth-order valence-electron chi connectivity index (χ4n) is 2.22. The summed E-state index contributed by atoms with van der Waals surface area (Å²) in [7, 11) is -0.826. The maximum absolute atomic E-state index is 2.77. The fraction of sp³-hybridized carbons (Fsp3) is 1.00. The van der Waals surface area contributed by atoms with Gasteiger partial charge in [0.05, 0.1) is 0 Å². The van der Waals surface area contributed by atoms with E-state index in [4.69, 9.17) is 0 Å². The van der Waals surface area contributed by atoms with Crippen molar-refractivity contribution >= 4 is 20.2 Å². The zero-order valence-corrected chi connectivity index (χ0v) is 13.2. The molecule has 0 aromatic rings. The summed E-state index contributed by atoms with van der Waals surface area (Å²) >= 11 is 0. The molecule has 0 aromatic heterocycles. The molecular weight excluding hydrogens is 208 g/mol. The minimum absolute atomic E-state index is 0.176. The molecule has 1 aliphatic rings. The van der Waals surface area contributed by atoms with E-state index in [2.05, 4.69) is 62.0 Å². The largest absolute Gasteiger partial charge is 0.263 e. The third-order valence-corrected chi connectivity index (χ3v) is 13.0. The van der Waals surface area contributed by atoms with Crippen LogP contribution in [0.25, 0.3) is 0 Å². The van der Waals surface area contributed by atoms with E-state index in [-0.39, 0.29) is 9.84 Å². The normalized spacial score (nSPS) is 27.1. The lowest BCUT2D eigenvalue weighted by molar-refractivity contribution is 0.273. The first-order valence-electron chi connectivity index (χ1n) is 5.26. The standard InChI is InChI=1S/C10H26N2SSi/c1-9(2,3)11-13(7,8)12(14-11)10(4,5)6/h14H2,1-8H3. The summed E-state index contributed by atoms with van der Waals surface area (Å²) in [6, 6.07) is 0. The number of hydrogen-bond acceptors (Lipinski definition) is 2. The third-order valence-electron chi connectivity index (χ3n) is 2.83. The van der Waals surface area contributed by atoms with Gasteiger partial charge in [-0.2, -0.15) is 0 Å². The van der Waals surface area contributed by atoms with Gasteiger partial charge in [-0.25, -0.2) is 0 Å². The van der Waals surface area contributed by atoms with Crippen LogP contribution in [0.3, 0.4) is 0 Å². The van der Waals surface area contributed by atoms with Crippen LogP contribution < -0.4 is 0 Å². The Labute approximate surface area is 93.6 Å². The van der Waals surface area contributed by atoms with Gasteiger partial charge in [-0.1, -0.05) is 0 Å². The summed E-state index contributed by atoms with van der Waals surface area (Å²) < 4.78 is 5.54. The monoisotopic (exact) mass is 234 g/mol. The minimum Gasteiger partial charge on any atom is -0.263 e. The Balaban J connectivity index is 2.79. The van der Waals surface area contributed by atoms with E-state index in [1.165, 1.54) is 0 Å². The molecule has 1 fully saturated rings. The summed E-state index contributed by atoms with van der Waals surface area (Å²) in [6.45, 7) is 14.1.